The molecule has 31 heavy (non-hydrogen) atoms. The van der Waals surface area contributed by atoms with Gasteiger partial charge in [-0.3, -0.25) is 4.79 Å². The van der Waals surface area contributed by atoms with Crippen molar-refractivity contribution in [3.8, 4) is 17.2 Å². The Labute approximate surface area is 180 Å². The summed E-state index contributed by atoms with van der Waals surface area (Å²) in [6, 6.07) is 18.9. The van der Waals surface area contributed by atoms with Gasteiger partial charge in [-0.1, -0.05) is 24.3 Å². The van der Waals surface area contributed by atoms with Gasteiger partial charge in [-0.2, -0.15) is 5.10 Å². The number of nitrogens with zero attached hydrogens (tertiary/aromatic N) is 1. The lowest BCUT2D eigenvalue weighted by molar-refractivity contribution is 0.0729. The number of amides is 1. The Bertz CT molecular complexity index is 1110. The maximum Gasteiger partial charge on any atom is 0.343 e. The van der Waals surface area contributed by atoms with E-state index in [2.05, 4.69) is 10.5 Å². The van der Waals surface area contributed by atoms with Gasteiger partial charge in [0.15, 0.2) is 11.5 Å². The van der Waals surface area contributed by atoms with Gasteiger partial charge in [0.05, 0.1) is 31.6 Å². The van der Waals surface area contributed by atoms with Crippen LogP contribution in [0, 0.1) is 6.92 Å². The van der Waals surface area contributed by atoms with Crippen molar-refractivity contribution in [3.05, 3.63) is 89.0 Å². The van der Waals surface area contributed by atoms with Crippen LogP contribution in [-0.2, 0) is 0 Å². The Hall–Kier alpha value is -4.13. The van der Waals surface area contributed by atoms with Crippen LogP contribution < -0.4 is 19.6 Å². The van der Waals surface area contributed by atoms with E-state index < -0.39 is 11.9 Å². The SMILES string of the molecule is COc1ccc(/C=N/NC(=O)c2ccc(C)cc2OC)cc1OC(=O)c1ccccc1. The van der Waals surface area contributed by atoms with E-state index in [9.17, 15) is 9.59 Å². The van der Waals surface area contributed by atoms with Crippen molar-refractivity contribution in [1.29, 1.82) is 0 Å². The number of hydrogen-bond acceptors (Lipinski definition) is 6. The molecule has 0 fully saturated rings. The maximum atomic E-state index is 12.4. The fraction of sp³-hybridized carbons (Fsp3) is 0.125. The highest BCUT2D eigenvalue weighted by molar-refractivity contribution is 5.97. The molecule has 158 valence electrons. The van der Waals surface area contributed by atoms with Crippen LogP contribution in [0.4, 0.5) is 0 Å². The van der Waals surface area contributed by atoms with Gasteiger partial charge in [0.2, 0.25) is 0 Å². The molecule has 7 heteroatoms. The number of carbonyl (C=O) groups is 2. The standard InChI is InChI=1S/C24H22N2O5/c1-16-9-11-19(21(13-16)30-3)23(27)26-25-15-17-10-12-20(29-2)22(14-17)31-24(28)18-7-5-4-6-8-18/h4-15H,1-3H3,(H,26,27)/b25-15+. The maximum absolute atomic E-state index is 12.4. The van der Waals surface area contributed by atoms with E-state index in [0.29, 0.717) is 28.2 Å². The fourth-order valence-corrected chi connectivity index (χ4v) is 2.80. The third-order valence-electron chi connectivity index (χ3n) is 4.38. The smallest absolute Gasteiger partial charge is 0.343 e. The van der Waals surface area contributed by atoms with E-state index in [-0.39, 0.29) is 5.75 Å². The molecular weight excluding hydrogens is 396 g/mol. The van der Waals surface area contributed by atoms with Crippen LogP contribution in [0.2, 0.25) is 0 Å². The summed E-state index contributed by atoms with van der Waals surface area (Å²) in [5.41, 5.74) is 4.84. The number of ether oxygens (including phenoxy) is 3. The Kier molecular flexibility index (Phi) is 7.01. The van der Waals surface area contributed by atoms with Crippen molar-refractivity contribution in [2.24, 2.45) is 5.10 Å². The van der Waals surface area contributed by atoms with Crippen molar-refractivity contribution in [1.82, 2.24) is 5.43 Å². The number of carbonyl (C=O) groups excluding carboxylic acids is 2. The van der Waals surface area contributed by atoms with Gasteiger partial charge >= 0.3 is 5.97 Å². The number of nitrogens with one attached hydrogen (secondary N) is 1. The summed E-state index contributed by atoms with van der Waals surface area (Å²) in [5, 5.41) is 3.99. The first-order chi connectivity index (χ1) is 15.0. The Morgan fingerprint density at radius 2 is 1.61 bits per heavy atom. The summed E-state index contributed by atoms with van der Waals surface area (Å²) in [5.74, 6) is 0.194. The number of benzene rings is 3. The Morgan fingerprint density at radius 1 is 0.871 bits per heavy atom. The summed E-state index contributed by atoms with van der Waals surface area (Å²) < 4.78 is 16.0. The second kappa shape index (κ2) is 10.1. The normalized spacial score (nSPS) is 10.5. The van der Waals surface area contributed by atoms with E-state index >= 15 is 0 Å². The zero-order valence-electron chi connectivity index (χ0n) is 17.4. The monoisotopic (exact) mass is 418 g/mol. The molecule has 1 amide bonds. The summed E-state index contributed by atoms with van der Waals surface area (Å²) in [7, 11) is 2.99. The van der Waals surface area contributed by atoms with Crippen LogP contribution in [-0.4, -0.2) is 32.3 Å². The minimum atomic E-state index is -0.507. The average molecular weight is 418 g/mol. The quantitative estimate of drug-likeness (QED) is 0.271. The summed E-state index contributed by atoms with van der Waals surface area (Å²) in [6.45, 7) is 1.91. The van der Waals surface area contributed by atoms with E-state index in [0.717, 1.165) is 5.56 Å². The van der Waals surface area contributed by atoms with E-state index in [1.807, 2.05) is 19.1 Å². The minimum Gasteiger partial charge on any atom is -0.496 e. The first-order valence-electron chi connectivity index (χ1n) is 9.45. The number of esters is 1. The predicted octanol–water partition coefficient (Wildman–Crippen LogP) is 4.00. The van der Waals surface area contributed by atoms with E-state index in [4.69, 9.17) is 14.2 Å². The Morgan fingerprint density at radius 3 is 2.32 bits per heavy atom. The topological polar surface area (TPSA) is 86.2 Å². The van der Waals surface area contributed by atoms with Crippen LogP contribution in [0.15, 0.2) is 71.8 Å². The number of hydrazone groups is 1. The van der Waals surface area contributed by atoms with Gasteiger partial charge in [0, 0.05) is 0 Å². The molecule has 0 saturated heterocycles. The van der Waals surface area contributed by atoms with Crippen molar-refractivity contribution >= 4 is 18.1 Å². The first-order valence-corrected chi connectivity index (χ1v) is 9.45. The fourth-order valence-electron chi connectivity index (χ4n) is 2.80. The lowest BCUT2D eigenvalue weighted by Gasteiger charge is -2.10. The lowest BCUT2D eigenvalue weighted by atomic mass is 10.1. The van der Waals surface area contributed by atoms with Crippen LogP contribution in [0.3, 0.4) is 0 Å². The molecule has 0 aliphatic rings. The Balaban J connectivity index is 1.73. The molecule has 3 aromatic rings. The zero-order chi connectivity index (χ0) is 22.2. The highest BCUT2D eigenvalue weighted by Crippen LogP contribution is 2.28. The molecule has 0 bridgehead atoms. The van der Waals surface area contributed by atoms with Gasteiger partial charge in [-0.05, 0) is 60.5 Å². The molecule has 0 aliphatic heterocycles. The number of aryl methyl sites for hydroxylation is 1. The van der Waals surface area contributed by atoms with Gasteiger partial charge in [-0.15, -0.1) is 0 Å². The molecule has 0 radical (unpaired) electrons. The summed E-state index contributed by atoms with van der Waals surface area (Å²) in [6.07, 6.45) is 1.44. The summed E-state index contributed by atoms with van der Waals surface area (Å²) >= 11 is 0. The van der Waals surface area contributed by atoms with E-state index in [1.54, 1.807) is 54.6 Å². The second-order valence-electron chi connectivity index (χ2n) is 6.57. The predicted molar refractivity (Wildman–Crippen MR) is 117 cm³/mol. The van der Waals surface area contributed by atoms with Gasteiger partial charge in [-0.25, -0.2) is 10.2 Å². The molecule has 7 nitrogen and oxygen atoms in total. The molecule has 3 rings (SSSR count). The summed E-state index contributed by atoms with van der Waals surface area (Å²) in [4.78, 5) is 24.8. The van der Waals surface area contributed by atoms with Crippen LogP contribution in [0.1, 0.15) is 31.8 Å². The number of hydrogen-bond donors (Lipinski definition) is 1. The van der Waals surface area contributed by atoms with Gasteiger partial charge in [0.1, 0.15) is 5.75 Å². The highest BCUT2D eigenvalue weighted by atomic mass is 16.6. The number of methoxy groups -OCH3 is 2. The molecule has 0 saturated carbocycles. The molecule has 3 aromatic carbocycles. The van der Waals surface area contributed by atoms with Crippen LogP contribution in [0.25, 0.3) is 0 Å². The third-order valence-corrected chi connectivity index (χ3v) is 4.38. The molecular formula is C24H22N2O5. The lowest BCUT2D eigenvalue weighted by Crippen LogP contribution is -2.18. The van der Waals surface area contributed by atoms with Gasteiger partial charge in [0.25, 0.3) is 5.91 Å². The van der Waals surface area contributed by atoms with Crippen LogP contribution >= 0.6 is 0 Å². The van der Waals surface area contributed by atoms with Gasteiger partial charge < -0.3 is 14.2 Å². The zero-order valence-corrected chi connectivity index (χ0v) is 17.4. The minimum absolute atomic E-state index is 0.242. The third kappa shape index (κ3) is 5.48. The van der Waals surface area contributed by atoms with Crippen LogP contribution in [0.5, 0.6) is 17.2 Å². The van der Waals surface area contributed by atoms with E-state index in [1.165, 1.54) is 20.4 Å². The first kappa shape index (κ1) is 21.6. The number of rotatable bonds is 7. The molecule has 0 aromatic heterocycles. The largest absolute Gasteiger partial charge is 0.496 e. The second-order valence-corrected chi connectivity index (χ2v) is 6.57. The average Bonchev–Trinajstić information content (AvgIpc) is 2.79. The molecule has 1 N–H and O–H groups in total. The highest BCUT2D eigenvalue weighted by Gasteiger charge is 2.13. The molecule has 0 heterocycles. The van der Waals surface area contributed by atoms with Crippen molar-refractivity contribution in [3.63, 3.8) is 0 Å². The van der Waals surface area contributed by atoms with Crippen molar-refractivity contribution in [2.45, 2.75) is 6.92 Å². The molecule has 0 spiro atoms. The molecule has 0 aliphatic carbocycles. The molecule has 0 atom stereocenters. The van der Waals surface area contributed by atoms with Crippen molar-refractivity contribution in [2.75, 3.05) is 14.2 Å². The molecule has 0 unspecified atom stereocenters. The van der Waals surface area contributed by atoms with Crippen molar-refractivity contribution < 1.29 is 23.8 Å².